The van der Waals surface area contributed by atoms with Gasteiger partial charge in [-0.1, -0.05) is 0 Å². The van der Waals surface area contributed by atoms with Crippen molar-refractivity contribution >= 4 is 21.6 Å². The molecule has 1 aromatic heterocycles. The molecule has 1 heterocycles. The second-order valence-corrected chi connectivity index (χ2v) is 6.99. The van der Waals surface area contributed by atoms with Crippen LogP contribution in [0.3, 0.4) is 0 Å². The van der Waals surface area contributed by atoms with Gasteiger partial charge < -0.3 is 4.57 Å². The average molecular weight is 333 g/mol. The molecule has 0 atom stereocenters. The molecule has 9 heteroatoms. The van der Waals surface area contributed by atoms with Gasteiger partial charge >= 0.3 is 6.18 Å². The molecule has 0 fully saturated rings. The van der Waals surface area contributed by atoms with Crippen molar-refractivity contribution in [3.63, 3.8) is 0 Å². The third kappa shape index (κ3) is 3.89. The molecule has 0 aliphatic rings. The Morgan fingerprint density at radius 3 is 2.30 bits per heavy atom. The lowest BCUT2D eigenvalue weighted by Gasteiger charge is -2.18. The highest BCUT2D eigenvalue weighted by atomic mass is 35.5. The van der Waals surface area contributed by atoms with Gasteiger partial charge in [0.25, 0.3) is 0 Å². The van der Waals surface area contributed by atoms with Gasteiger partial charge in [-0.25, -0.2) is 8.42 Å². The SMILES string of the molecule is CC(C)n1cc(S(=O)(=O)N(C)CC(F)(F)F)cc1CCl. The van der Waals surface area contributed by atoms with E-state index in [1.165, 1.54) is 12.3 Å². The van der Waals surface area contributed by atoms with E-state index in [1.54, 1.807) is 4.57 Å². The third-order valence-electron chi connectivity index (χ3n) is 2.71. The second-order valence-electron chi connectivity index (χ2n) is 4.68. The van der Waals surface area contributed by atoms with Gasteiger partial charge in [0.05, 0.1) is 5.88 Å². The molecule has 0 unspecified atom stereocenters. The lowest BCUT2D eigenvalue weighted by Crippen LogP contribution is -2.35. The topological polar surface area (TPSA) is 42.3 Å². The first-order valence-corrected chi connectivity index (χ1v) is 7.76. The fourth-order valence-electron chi connectivity index (χ4n) is 1.74. The molecule has 1 aromatic rings. The van der Waals surface area contributed by atoms with Gasteiger partial charge in [0, 0.05) is 25.0 Å². The molecule has 0 N–H and O–H groups in total. The van der Waals surface area contributed by atoms with E-state index in [9.17, 15) is 21.6 Å². The molecule has 0 saturated heterocycles. The van der Waals surface area contributed by atoms with E-state index >= 15 is 0 Å². The predicted octanol–water partition coefficient (Wildman–Crippen LogP) is 2.99. The van der Waals surface area contributed by atoms with Crippen LogP contribution in [0.1, 0.15) is 25.6 Å². The van der Waals surface area contributed by atoms with Crippen molar-refractivity contribution in [1.29, 1.82) is 0 Å². The van der Waals surface area contributed by atoms with Gasteiger partial charge in [0.1, 0.15) is 11.4 Å². The number of aromatic nitrogens is 1. The summed E-state index contributed by atoms with van der Waals surface area (Å²) in [5.74, 6) is 0.0800. The standard InChI is InChI=1S/C11H16ClF3N2O2S/c1-8(2)17-6-10(4-9(17)5-12)20(18,19)16(3)7-11(13,14)15/h4,6,8H,5,7H2,1-3H3. The van der Waals surface area contributed by atoms with E-state index in [2.05, 4.69) is 0 Å². The van der Waals surface area contributed by atoms with Crippen LogP contribution in [0.25, 0.3) is 0 Å². The van der Waals surface area contributed by atoms with Gasteiger partial charge in [-0.15, -0.1) is 11.6 Å². The minimum atomic E-state index is -4.59. The number of hydrogen-bond acceptors (Lipinski definition) is 2. The largest absolute Gasteiger partial charge is 0.402 e. The van der Waals surface area contributed by atoms with E-state index < -0.39 is 22.7 Å². The molecule has 4 nitrogen and oxygen atoms in total. The van der Waals surface area contributed by atoms with Gasteiger partial charge in [-0.3, -0.25) is 0 Å². The van der Waals surface area contributed by atoms with Gasteiger partial charge in [0.15, 0.2) is 0 Å². The van der Waals surface area contributed by atoms with Gasteiger partial charge in [0.2, 0.25) is 10.0 Å². The maximum absolute atomic E-state index is 12.3. The first-order valence-electron chi connectivity index (χ1n) is 5.79. The average Bonchev–Trinajstić information content (AvgIpc) is 2.70. The Hall–Kier alpha value is -0.730. The molecule has 0 aliphatic heterocycles. The normalized spacial score (nSPS) is 13.4. The van der Waals surface area contributed by atoms with Crippen LogP contribution in [-0.4, -0.2) is 37.1 Å². The van der Waals surface area contributed by atoms with Crippen molar-refractivity contribution in [2.75, 3.05) is 13.6 Å². The van der Waals surface area contributed by atoms with Gasteiger partial charge in [-0.05, 0) is 19.9 Å². The molecule has 0 aliphatic carbocycles. The molecule has 0 saturated carbocycles. The molecule has 116 valence electrons. The second kappa shape index (κ2) is 5.95. The summed E-state index contributed by atoms with van der Waals surface area (Å²) in [6.45, 7) is 2.12. The van der Waals surface area contributed by atoms with Crippen molar-refractivity contribution in [3.8, 4) is 0 Å². The van der Waals surface area contributed by atoms with E-state index in [-0.39, 0.29) is 21.1 Å². The fourth-order valence-corrected chi connectivity index (χ4v) is 3.17. The summed E-state index contributed by atoms with van der Waals surface area (Å²) in [6.07, 6.45) is -3.28. The quantitative estimate of drug-likeness (QED) is 0.778. The summed E-state index contributed by atoms with van der Waals surface area (Å²) in [5.41, 5.74) is 0.542. The zero-order valence-electron chi connectivity index (χ0n) is 11.3. The Balaban J connectivity index is 3.16. The highest BCUT2D eigenvalue weighted by Gasteiger charge is 2.35. The maximum atomic E-state index is 12.3. The molecule has 1 rings (SSSR count). The van der Waals surface area contributed by atoms with Crippen molar-refractivity contribution < 1.29 is 21.6 Å². The number of hydrogen-bond donors (Lipinski definition) is 0. The van der Waals surface area contributed by atoms with Crippen LogP contribution in [0.2, 0.25) is 0 Å². The van der Waals surface area contributed by atoms with Crippen LogP contribution in [0.15, 0.2) is 17.2 Å². The highest BCUT2D eigenvalue weighted by Crippen LogP contribution is 2.25. The highest BCUT2D eigenvalue weighted by molar-refractivity contribution is 7.89. The van der Waals surface area contributed by atoms with Crippen molar-refractivity contribution in [3.05, 3.63) is 18.0 Å². The smallest absolute Gasteiger partial charge is 0.346 e. The van der Waals surface area contributed by atoms with Crippen LogP contribution in [0, 0.1) is 0 Å². The zero-order valence-corrected chi connectivity index (χ0v) is 12.8. The molecule has 0 radical (unpaired) electrons. The summed E-state index contributed by atoms with van der Waals surface area (Å²) in [5, 5.41) is 0. The number of sulfonamides is 1. The fraction of sp³-hybridized carbons (Fsp3) is 0.636. The minimum absolute atomic E-state index is 0.0411. The van der Waals surface area contributed by atoms with Crippen LogP contribution >= 0.6 is 11.6 Å². The van der Waals surface area contributed by atoms with Crippen molar-refractivity contribution in [1.82, 2.24) is 8.87 Å². The van der Waals surface area contributed by atoms with Crippen LogP contribution in [-0.2, 0) is 15.9 Å². The summed E-state index contributed by atoms with van der Waals surface area (Å²) < 4.78 is 63.0. The first kappa shape index (κ1) is 17.3. The van der Waals surface area contributed by atoms with E-state index in [0.717, 1.165) is 7.05 Å². The predicted molar refractivity (Wildman–Crippen MR) is 70.2 cm³/mol. The maximum Gasteiger partial charge on any atom is 0.402 e. The van der Waals surface area contributed by atoms with E-state index in [1.807, 2.05) is 13.8 Å². The zero-order chi connectivity index (χ0) is 15.7. The Kier molecular flexibility index (Phi) is 5.15. The molecular formula is C11H16ClF3N2O2S. The lowest BCUT2D eigenvalue weighted by molar-refractivity contribution is -0.134. The van der Waals surface area contributed by atoms with E-state index in [0.29, 0.717) is 5.69 Å². The Bertz CT molecular complexity index is 567. The Morgan fingerprint density at radius 1 is 1.40 bits per heavy atom. The first-order chi connectivity index (χ1) is 8.99. The van der Waals surface area contributed by atoms with Crippen molar-refractivity contribution in [2.24, 2.45) is 0 Å². The summed E-state index contributed by atoms with van der Waals surface area (Å²) in [4.78, 5) is -0.186. The number of halogens is 4. The molecule has 0 amide bonds. The summed E-state index contributed by atoms with van der Waals surface area (Å²) in [7, 11) is -3.28. The summed E-state index contributed by atoms with van der Waals surface area (Å²) in [6, 6.07) is 1.26. The Morgan fingerprint density at radius 2 is 1.95 bits per heavy atom. The van der Waals surface area contributed by atoms with Crippen molar-refractivity contribution in [2.45, 2.75) is 36.8 Å². The van der Waals surface area contributed by atoms with Gasteiger partial charge in [-0.2, -0.15) is 17.5 Å². The molecule has 0 aromatic carbocycles. The molecule has 0 spiro atoms. The van der Waals surface area contributed by atoms with Crippen LogP contribution in [0.5, 0.6) is 0 Å². The Labute approximate surface area is 121 Å². The lowest BCUT2D eigenvalue weighted by atomic mass is 10.4. The monoisotopic (exact) mass is 332 g/mol. The van der Waals surface area contributed by atoms with E-state index in [4.69, 9.17) is 11.6 Å². The molecule has 20 heavy (non-hydrogen) atoms. The number of rotatable bonds is 5. The minimum Gasteiger partial charge on any atom is -0.346 e. The van der Waals surface area contributed by atoms with Crippen LogP contribution in [0.4, 0.5) is 13.2 Å². The third-order valence-corrected chi connectivity index (χ3v) is 4.75. The van der Waals surface area contributed by atoms with Crippen LogP contribution < -0.4 is 0 Å². The molecule has 0 bridgehead atoms. The number of alkyl halides is 4. The summed E-state index contributed by atoms with van der Waals surface area (Å²) >= 11 is 5.72. The number of nitrogens with zero attached hydrogens (tertiary/aromatic N) is 2. The molecular weight excluding hydrogens is 317 g/mol.